The molecule has 0 heterocycles. The third-order valence-corrected chi connectivity index (χ3v) is 15.0. The first-order valence-corrected chi connectivity index (χ1v) is 19.2. The molecule has 3 heteroatoms. The van der Waals surface area contributed by atoms with Crippen molar-refractivity contribution in [1.82, 2.24) is 0 Å². The molecule has 11 aromatic carbocycles. The van der Waals surface area contributed by atoms with Crippen LogP contribution in [-0.2, 0) is 22.4 Å². The third-order valence-electron chi connectivity index (χ3n) is 15.0. The molecule has 0 saturated heterocycles. The molecule has 3 nitrogen and oxygen atoms in total. The van der Waals surface area contributed by atoms with Crippen LogP contribution in [0.5, 0.6) is 0 Å². The maximum Gasteiger partial charge on any atom is 0.336 e. The zero-order chi connectivity index (χ0) is 34.1. The maximum absolute atomic E-state index is 14.7. The molecule has 0 bridgehead atoms. The summed E-state index contributed by atoms with van der Waals surface area (Å²) in [5.74, 6) is -0.353. The van der Waals surface area contributed by atoms with Gasteiger partial charge in [-0.25, -0.2) is 4.79 Å². The van der Waals surface area contributed by atoms with Crippen LogP contribution in [0.2, 0.25) is 0 Å². The van der Waals surface area contributed by atoms with Gasteiger partial charge in [0, 0.05) is 17.4 Å². The van der Waals surface area contributed by atoms with E-state index in [4.69, 9.17) is 10.5 Å². The molecule has 1 saturated carbocycles. The molecule has 1 fully saturated rings. The lowest BCUT2D eigenvalue weighted by atomic mass is 9.87. The van der Waals surface area contributed by atoms with Gasteiger partial charge >= 0.3 is 5.97 Å². The van der Waals surface area contributed by atoms with Gasteiger partial charge in [-0.2, -0.15) is 0 Å². The number of fused-ring (bicyclic) bond motifs is 6. The fraction of sp³-hybridized carbons (Fsp3) is 0.140. The summed E-state index contributed by atoms with van der Waals surface area (Å²) in [6.07, 6.45) is 1.87. The maximum atomic E-state index is 14.7. The number of carbonyl (C=O) groups excluding carboxylic acids is 1. The molecule has 244 valence electrons. The van der Waals surface area contributed by atoms with Crippen LogP contribution >= 0.6 is 0 Å². The Kier molecular flexibility index (Phi) is 3.68. The first kappa shape index (κ1) is 25.8. The molecule has 0 aliphatic heterocycles. The molecule has 2 N–H and O–H groups in total. The average Bonchev–Trinajstić information content (AvgIpc) is 3.73. The van der Waals surface area contributed by atoms with E-state index in [2.05, 4.69) is 84.9 Å². The summed E-state index contributed by atoms with van der Waals surface area (Å²) in [7, 11) is 0. The summed E-state index contributed by atoms with van der Waals surface area (Å²) >= 11 is 0. The molecule has 5 aliphatic carbocycles. The minimum absolute atomic E-state index is 0.0331. The summed E-state index contributed by atoms with van der Waals surface area (Å²) in [6, 6.07) is 31.8. The predicted molar refractivity (Wildman–Crippen MR) is 215 cm³/mol. The Hall–Kier alpha value is -6.03. The van der Waals surface area contributed by atoms with Gasteiger partial charge in [-0.05, 0) is 162 Å². The first-order chi connectivity index (χ1) is 26.1. The highest BCUT2D eigenvalue weighted by Crippen LogP contribution is 2.74. The molecule has 16 rings (SSSR count). The van der Waals surface area contributed by atoms with Crippen molar-refractivity contribution in [2.45, 2.75) is 37.1 Å². The molecule has 53 heavy (non-hydrogen) atoms. The summed E-state index contributed by atoms with van der Waals surface area (Å²) in [6.45, 7) is 2.20. The Labute approximate surface area is 301 Å². The first-order valence-electron chi connectivity index (χ1n) is 19.2. The lowest BCUT2D eigenvalue weighted by Crippen LogP contribution is -2.35. The summed E-state index contributed by atoms with van der Waals surface area (Å²) in [5, 5.41) is 23.4. The Morgan fingerprint density at radius 1 is 0.566 bits per heavy atom. The molecule has 0 aromatic heterocycles. The van der Waals surface area contributed by atoms with Crippen LogP contribution in [0.15, 0.2) is 90.5 Å². The van der Waals surface area contributed by atoms with Crippen LogP contribution in [0.4, 0.5) is 0 Å². The average molecular weight is 674 g/mol. The van der Waals surface area contributed by atoms with E-state index < -0.39 is 5.54 Å². The quantitative estimate of drug-likeness (QED) is 0.115. The van der Waals surface area contributed by atoms with Crippen LogP contribution in [0.25, 0.3) is 103 Å². The fourth-order valence-corrected chi connectivity index (χ4v) is 13.5. The standard InChI is InChI=1S/C50H27NO2/c1-2-53-49(52)48(37-27-9-5-3-7-25(27)26-8-4-6-10-28(26)37)50(51)46-29-17-23-15-21-13-19-11-12-20-14-22-16-24-18-30(47(46)50)39-38(29)42-35(23)33(21)40-31(19)32(20)41-34(22)36(24)43(39)45(42)44(40)41/h3-14,17-18,46-47H,2,15-16,51H2,1H3. The van der Waals surface area contributed by atoms with Crippen molar-refractivity contribution in [3.63, 3.8) is 0 Å². The SMILES string of the molecule is CCOC(=O)C(=C1c2ccccc2-c2ccccc21)C1(N)C2c3cc4c5c6c(cc7ccc8cc9c%10c%11c(cc(c%12c3c5c(c%12%11)c3c6c7c8c%103)C21)C9)C4. The molecular weight excluding hydrogens is 647 g/mol. The van der Waals surface area contributed by atoms with Gasteiger partial charge in [0.15, 0.2) is 0 Å². The van der Waals surface area contributed by atoms with E-state index in [1.807, 2.05) is 6.92 Å². The number of ether oxygens (including phenoxy) is 1. The van der Waals surface area contributed by atoms with E-state index in [1.165, 1.54) is 120 Å². The molecule has 0 radical (unpaired) electrons. The van der Waals surface area contributed by atoms with Crippen molar-refractivity contribution < 1.29 is 9.53 Å². The Morgan fingerprint density at radius 3 is 1.45 bits per heavy atom. The summed E-state index contributed by atoms with van der Waals surface area (Å²) < 4.78 is 6.03. The Morgan fingerprint density at radius 2 is 0.981 bits per heavy atom. The van der Waals surface area contributed by atoms with Gasteiger partial charge in [-0.1, -0.05) is 84.9 Å². The van der Waals surface area contributed by atoms with Crippen LogP contribution in [0.1, 0.15) is 63.3 Å². The highest BCUT2D eigenvalue weighted by atomic mass is 16.5. The Bertz CT molecular complexity index is 3460. The normalized spacial score (nSPS) is 21.4. The third kappa shape index (κ3) is 2.31. The van der Waals surface area contributed by atoms with Gasteiger partial charge < -0.3 is 10.5 Å². The predicted octanol–water partition coefficient (Wildman–Crippen LogP) is 10.8. The number of nitrogens with two attached hydrogens (primary N) is 1. The molecule has 11 aromatic rings. The molecule has 2 unspecified atom stereocenters. The van der Waals surface area contributed by atoms with Gasteiger partial charge in [-0.3, -0.25) is 0 Å². The van der Waals surface area contributed by atoms with Crippen LogP contribution < -0.4 is 5.73 Å². The van der Waals surface area contributed by atoms with E-state index >= 15 is 0 Å². The monoisotopic (exact) mass is 673 g/mol. The van der Waals surface area contributed by atoms with Crippen molar-refractivity contribution in [2.75, 3.05) is 6.61 Å². The van der Waals surface area contributed by atoms with Gasteiger partial charge in [0.2, 0.25) is 0 Å². The second kappa shape index (κ2) is 7.55. The highest BCUT2D eigenvalue weighted by molar-refractivity contribution is 6.58. The van der Waals surface area contributed by atoms with Crippen molar-refractivity contribution in [3.8, 4) is 11.1 Å². The van der Waals surface area contributed by atoms with E-state index in [1.54, 1.807) is 0 Å². The van der Waals surface area contributed by atoms with Crippen LogP contribution in [0, 0.1) is 0 Å². The van der Waals surface area contributed by atoms with E-state index in [9.17, 15) is 4.79 Å². The number of esters is 1. The van der Waals surface area contributed by atoms with Crippen LogP contribution in [-0.4, -0.2) is 18.1 Å². The summed E-state index contributed by atoms with van der Waals surface area (Å²) in [5.41, 5.74) is 21.6. The molecular formula is C50H27NO2. The second-order valence-corrected chi connectivity index (χ2v) is 16.9. The fourth-order valence-electron chi connectivity index (χ4n) is 13.5. The second-order valence-electron chi connectivity index (χ2n) is 16.9. The van der Waals surface area contributed by atoms with Crippen molar-refractivity contribution in [2.24, 2.45) is 5.73 Å². The number of hydrogen-bond donors (Lipinski definition) is 1. The minimum Gasteiger partial charge on any atom is -0.463 e. The lowest BCUT2D eigenvalue weighted by molar-refractivity contribution is -0.138. The van der Waals surface area contributed by atoms with Gasteiger partial charge in [-0.15, -0.1) is 0 Å². The molecule has 0 spiro atoms. The number of rotatable bonds is 3. The zero-order valence-corrected chi connectivity index (χ0v) is 28.8. The summed E-state index contributed by atoms with van der Waals surface area (Å²) in [4.78, 5) is 14.7. The van der Waals surface area contributed by atoms with E-state index in [0.29, 0.717) is 12.2 Å². The molecule has 2 atom stereocenters. The topological polar surface area (TPSA) is 52.3 Å². The van der Waals surface area contributed by atoms with Crippen LogP contribution in [0.3, 0.4) is 0 Å². The minimum atomic E-state index is -0.934. The highest BCUT2D eigenvalue weighted by Gasteiger charge is 2.70. The molecule has 0 amide bonds. The molecule has 5 aliphatic rings. The van der Waals surface area contributed by atoms with Gasteiger partial charge in [0.1, 0.15) is 0 Å². The zero-order valence-electron chi connectivity index (χ0n) is 28.8. The lowest BCUT2D eigenvalue weighted by Gasteiger charge is -2.21. The van der Waals surface area contributed by atoms with Crippen molar-refractivity contribution in [3.05, 3.63) is 135 Å². The Balaban J connectivity index is 1.11. The van der Waals surface area contributed by atoms with E-state index in [0.717, 1.165) is 40.7 Å². The number of carbonyl (C=O) groups is 1. The van der Waals surface area contributed by atoms with Crippen molar-refractivity contribution in [1.29, 1.82) is 0 Å². The van der Waals surface area contributed by atoms with Crippen molar-refractivity contribution >= 4 is 97.7 Å². The number of benzene rings is 9. The van der Waals surface area contributed by atoms with Gasteiger partial charge in [0.25, 0.3) is 0 Å². The smallest absolute Gasteiger partial charge is 0.336 e. The van der Waals surface area contributed by atoms with E-state index in [-0.39, 0.29) is 17.8 Å². The largest absolute Gasteiger partial charge is 0.463 e. The van der Waals surface area contributed by atoms with Gasteiger partial charge in [0.05, 0.1) is 17.7 Å². The number of hydrogen-bond acceptors (Lipinski definition) is 3.